The normalized spacial score (nSPS) is 17.1. The van der Waals surface area contributed by atoms with E-state index in [1.807, 2.05) is 13.0 Å². The number of thiophene rings is 1. The van der Waals surface area contributed by atoms with E-state index in [1.54, 1.807) is 25.6 Å². The second-order valence-electron chi connectivity index (χ2n) is 6.48. The lowest BCUT2D eigenvalue weighted by atomic mass is 9.90. The highest BCUT2D eigenvalue weighted by molar-refractivity contribution is 7.10. The fourth-order valence-corrected chi connectivity index (χ4v) is 4.52. The van der Waals surface area contributed by atoms with Crippen molar-refractivity contribution in [3.63, 3.8) is 0 Å². The van der Waals surface area contributed by atoms with Crippen LogP contribution in [0.1, 0.15) is 33.5 Å². The number of hydrogen-bond donors (Lipinski definition) is 0. The van der Waals surface area contributed by atoms with Crippen molar-refractivity contribution in [1.82, 2.24) is 10.1 Å². The largest absolute Gasteiger partial charge is 0.493 e. The molecule has 0 fully saturated rings. The first kappa shape index (κ1) is 17.1. The lowest BCUT2D eigenvalue weighted by molar-refractivity contribution is 0.183. The summed E-state index contributed by atoms with van der Waals surface area (Å²) in [5.41, 5.74) is 3.50. The molecule has 1 aliphatic heterocycles. The maximum Gasteiger partial charge on any atom is 0.161 e. The number of hydrogen-bond acceptors (Lipinski definition) is 6. The van der Waals surface area contributed by atoms with Gasteiger partial charge in [0.2, 0.25) is 0 Å². The van der Waals surface area contributed by atoms with Crippen molar-refractivity contribution in [2.45, 2.75) is 25.9 Å². The number of ether oxygens (including phenoxy) is 2. The van der Waals surface area contributed by atoms with E-state index in [0.717, 1.165) is 42.5 Å². The van der Waals surface area contributed by atoms with Crippen LogP contribution >= 0.6 is 11.3 Å². The third kappa shape index (κ3) is 3.10. The zero-order valence-corrected chi connectivity index (χ0v) is 16.0. The van der Waals surface area contributed by atoms with E-state index < -0.39 is 0 Å². The molecular weight excluding hydrogens is 348 g/mol. The number of nitrogens with zero attached hydrogens (tertiary/aromatic N) is 2. The maximum absolute atomic E-state index is 5.56. The van der Waals surface area contributed by atoms with Gasteiger partial charge in [-0.2, -0.15) is 0 Å². The summed E-state index contributed by atoms with van der Waals surface area (Å²) in [6, 6.07) is 10.7. The zero-order valence-electron chi connectivity index (χ0n) is 15.2. The van der Waals surface area contributed by atoms with Crippen LogP contribution in [0.2, 0.25) is 0 Å². The summed E-state index contributed by atoms with van der Waals surface area (Å²) in [5.74, 6) is 2.45. The molecule has 0 bridgehead atoms. The smallest absolute Gasteiger partial charge is 0.161 e. The Balaban J connectivity index is 1.76. The minimum atomic E-state index is 0.170. The predicted octanol–water partition coefficient (Wildman–Crippen LogP) is 4.21. The summed E-state index contributed by atoms with van der Waals surface area (Å²) in [5, 5.41) is 6.15. The minimum absolute atomic E-state index is 0.170. The van der Waals surface area contributed by atoms with Crippen LogP contribution in [0.4, 0.5) is 0 Å². The van der Waals surface area contributed by atoms with Crippen LogP contribution in [0.15, 0.2) is 40.2 Å². The van der Waals surface area contributed by atoms with Crippen molar-refractivity contribution in [1.29, 1.82) is 0 Å². The Morgan fingerprint density at radius 2 is 2.04 bits per heavy atom. The van der Waals surface area contributed by atoms with Gasteiger partial charge in [0.15, 0.2) is 17.3 Å². The quantitative estimate of drug-likeness (QED) is 0.673. The van der Waals surface area contributed by atoms with Gasteiger partial charge in [-0.25, -0.2) is 0 Å². The maximum atomic E-state index is 5.56. The number of methoxy groups -OCH3 is 2. The Bertz CT molecular complexity index is 889. The molecule has 0 spiro atoms. The standard InChI is InChI=1S/C20H22N2O3S/c1-13-9-15(25-21-13)12-22-7-6-14-10-17(23-2)18(24-3)11-16(14)20(22)19-5-4-8-26-19/h4-5,8-11,20H,6-7,12H2,1-3H3. The second kappa shape index (κ2) is 7.13. The molecule has 3 heterocycles. The topological polar surface area (TPSA) is 47.7 Å². The summed E-state index contributed by atoms with van der Waals surface area (Å²) < 4.78 is 16.5. The minimum Gasteiger partial charge on any atom is -0.493 e. The molecular formula is C20H22N2O3S. The number of aromatic nitrogens is 1. The van der Waals surface area contributed by atoms with Crippen LogP contribution < -0.4 is 9.47 Å². The first-order valence-corrected chi connectivity index (χ1v) is 9.52. The predicted molar refractivity (Wildman–Crippen MR) is 101 cm³/mol. The Hall–Kier alpha value is -2.31. The first-order chi connectivity index (χ1) is 12.7. The monoisotopic (exact) mass is 370 g/mol. The summed E-state index contributed by atoms with van der Waals surface area (Å²) in [4.78, 5) is 3.76. The Morgan fingerprint density at radius 1 is 1.23 bits per heavy atom. The molecule has 0 radical (unpaired) electrons. The van der Waals surface area contributed by atoms with Gasteiger partial charge in [0.25, 0.3) is 0 Å². The van der Waals surface area contributed by atoms with Crippen LogP contribution in [-0.4, -0.2) is 30.8 Å². The van der Waals surface area contributed by atoms with Gasteiger partial charge in [-0.3, -0.25) is 4.90 Å². The fraction of sp³-hybridized carbons (Fsp3) is 0.350. The number of rotatable bonds is 5. The average molecular weight is 370 g/mol. The Labute approximate surface area is 157 Å². The fourth-order valence-electron chi connectivity index (χ4n) is 3.64. The van der Waals surface area contributed by atoms with Crippen LogP contribution in [-0.2, 0) is 13.0 Å². The molecule has 1 unspecified atom stereocenters. The van der Waals surface area contributed by atoms with Gasteiger partial charge in [-0.15, -0.1) is 11.3 Å². The van der Waals surface area contributed by atoms with Crippen molar-refractivity contribution in [3.8, 4) is 11.5 Å². The van der Waals surface area contributed by atoms with Gasteiger partial charge in [-0.1, -0.05) is 11.2 Å². The van der Waals surface area contributed by atoms with Gasteiger partial charge in [0, 0.05) is 17.5 Å². The SMILES string of the molecule is COc1cc2c(cc1OC)C(c1cccs1)N(Cc1cc(C)no1)CC2. The van der Waals surface area contributed by atoms with Crippen molar-refractivity contribution >= 4 is 11.3 Å². The summed E-state index contributed by atoms with van der Waals surface area (Å²) in [7, 11) is 3.37. The molecule has 0 saturated heterocycles. The number of benzene rings is 1. The molecule has 0 amide bonds. The highest BCUT2D eigenvalue weighted by Crippen LogP contribution is 2.42. The molecule has 26 heavy (non-hydrogen) atoms. The van der Waals surface area contributed by atoms with Crippen LogP contribution in [0.25, 0.3) is 0 Å². The van der Waals surface area contributed by atoms with Crippen LogP contribution in [0.5, 0.6) is 11.5 Å². The summed E-state index contributed by atoms with van der Waals surface area (Å²) in [6.45, 7) is 3.63. The van der Waals surface area contributed by atoms with Gasteiger partial charge in [-0.05, 0) is 48.1 Å². The van der Waals surface area contributed by atoms with Gasteiger partial charge in [0.1, 0.15) is 0 Å². The van der Waals surface area contributed by atoms with E-state index in [9.17, 15) is 0 Å². The van der Waals surface area contributed by atoms with E-state index in [4.69, 9.17) is 14.0 Å². The molecule has 5 nitrogen and oxygen atoms in total. The third-order valence-corrected chi connectivity index (χ3v) is 5.75. The molecule has 0 saturated carbocycles. The van der Waals surface area contributed by atoms with E-state index in [1.165, 1.54) is 16.0 Å². The molecule has 3 aromatic rings. The van der Waals surface area contributed by atoms with Gasteiger partial charge >= 0.3 is 0 Å². The lowest BCUT2D eigenvalue weighted by Crippen LogP contribution is -2.35. The molecule has 136 valence electrons. The van der Waals surface area contributed by atoms with Crippen molar-refractivity contribution in [2.24, 2.45) is 0 Å². The molecule has 0 N–H and O–H groups in total. The summed E-state index contributed by atoms with van der Waals surface area (Å²) >= 11 is 1.78. The van der Waals surface area contributed by atoms with E-state index in [2.05, 4.69) is 39.7 Å². The second-order valence-corrected chi connectivity index (χ2v) is 7.46. The molecule has 1 aromatic carbocycles. The third-order valence-electron chi connectivity index (χ3n) is 4.82. The van der Waals surface area contributed by atoms with E-state index in [-0.39, 0.29) is 6.04 Å². The number of fused-ring (bicyclic) bond motifs is 1. The molecule has 6 heteroatoms. The van der Waals surface area contributed by atoms with Crippen molar-refractivity contribution in [2.75, 3.05) is 20.8 Å². The molecule has 0 aliphatic carbocycles. The first-order valence-electron chi connectivity index (χ1n) is 8.64. The average Bonchev–Trinajstić information content (AvgIpc) is 3.32. The molecule has 1 atom stereocenters. The van der Waals surface area contributed by atoms with E-state index >= 15 is 0 Å². The summed E-state index contributed by atoms with van der Waals surface area (Å²) in [6.07, 6.45) is 0.963. The molecule has 1 aliphatic rings. The zero-order chi connectivity index (χ0) is 18.1. The van der Waals surface area contributed by atoms with Crippen molar-refractivity contribution < 1.29 is 14.0 Å². The van der Waals surface area contributed by atoms with Crippen LogP contribution in [0.3, 0.4) is 0 Å². The molecule has 4 rings (SSSR count). The highest BCUT2D eigenvalue weighted by Gasteiger charge is 2.31. The highest BCUT2D eigenvalue weighted by atomic mass is 32.1. The Morgan fingerprint density at radius 3 is 2.69 bits per heavy atom. The van der Waals surface area contributed by atoms with Crippen LogP contribution in [0, 0.1) is 6.92 Å². The number of aryl methyl sites for hydroxylation is 1. The Kier molecular flexibility index (Phi) is 4.70. The lowest BCUT2D eigenvalue weighted by Gasteiger charge is -2.36. The van der Waals surface area contributed by atoms with Gasteiger partial charge < -0.3 is 14.0 Å². The van der Waals surface area contributed by atoms with Gasteiger partial charge in [0.05, 0.1) is 32.5 Å². The van der Waals surface area contributed by atoms with Crippen molar-refractivity contribution in [3.05, 3.63) is 63.2 Å². The molecule has 2 aromatic heterocycles. The van der Waals surface area contributed by atoms with E-state index in [0.29, 0.717) is 0 Å².